The smallest absolute Gasteiger partial charge is 0.307 e. The largest absolute Gasteiger partial charge is 0.481 e. The molecular weight excluding hydrogens is 290 g/mol. The zero-order chi connectivity index (χ0) is 15.6. The van der Waals surface area contributed by atoms with Crippen molar-refractivity contribution in [1.82, 2.24) is 0 Å². The number of hydrogen-bond donors (Lipinski definition) is 2. The highest BCUT2D eigenvalue weighted by molar-refractivity contribution is 6.30. The third-order valence-electron chi connectivity index (χ3n) is 4.03. The van der Waals surface area contributed by atoms with Gasteiger partial charge in [0.2, 0.25) is 5.91 Å². The van der Waals surface area contributed by atoms with Gasteiger partial charge in [-0.15, -0.1) is 0 Å². The van der Waals surface area contributed by atoms with Crippen molar-refractivity contribution in [3.05, 3.63) is 40.4 Å². The van der Waals surface area contributed by atoms with Crippen molar-refractivity contribution in [2.45, 2.75) is 26.7 Å². The minimum atomic E-state index is -0.918. The van der Waals surface area contributed by atoms with Gasteiger partial charge in [-0.2, -0.15) is 0 Å². The van der Waals surface area contributed by atoms with E-state index in [-0.39, 0.29) is 5.91 Å². The average Bonchev–Trinajstić information content (AvgIpc) is 2.43. The molecule has 2 rings (SSSR count). The number of carbonyl (C=O) groups excluding carboxylic acids is 1. The van der Waals surface area contributed by atoms with Gasteiger partial charge in [-0.3, -0.25) is 9.59 Å². The molecule has 4 nitrogen and oxygen atoms in total. The average molecular weight is 308 g/mol. The zero-order valence-electron chi connectivity index (χ0n) is 12.0. The van der Waals surface area contributed by atoms with E-state index in [0.717, 1.165) is 11.1 Å². The van der Waals surface area contributed by atoms with E-state index in [9.17, 15) is 14.7 Å². The van der Waals surface area contributed by atoms with Crippen LogP contribution in [0.3, 0.4) is 0 Å². The molecule has 2 atom stereocenters. The fourth-order valence-corrected chi connectivity index (χ4v) is 2.72. The minimum Gasteiger partial charge on any atom is -0.481 e. The van der Waals surface area contributed by atoms with Gasteiger partial charge in [-0.05, 0) is 51.0 Å². The Labute approximate surface area is 128 Å². The summed E-state index contributed by atoms with van der Waals surface area (Å²) in [5, 5.41) is 12.7. The molecule has 112 valence electrons. The van der Waals surface area contributed by atoms with Crippen molar-refractivity contribution in [3.63, 3.8) is 0 Å². The van der Waals surface area contributed by atoms with Crippen LogP contribution in [-0.2, 0) is 9.59 Å². The molecule has 0 unspecified atom stereocenters. The van der Waals surface area contributed by atoms with Gasteiger partial charge in [0, 0.05) is 10.7 Å². The van der Waals surface area contributed by atoms with Gasteiger partial charge in [0.05, 0.1) is 11.8 Å². The molecule has 1 aliphatic carbocycles. The number of nitrogens with one attached hydrogen (secondary N) is 1. The van der Waals surface area contributed by atoms with Crippen molar-refractivity contribution in [3.8, 4) is 0 Å². The second-order valence-corrected chi connectivity index (χ2v) is 5.95. The normalized spacial score (nSPS) is 22.0. The topological polar surface area (TPSA) is 66.4 Å². The van der Waals surface area contributed by atoms with Crippen LogP contribution in [0.4, 0.5) is 5.69 Å². The molecule has 5 heteroatoms. The van der Waals surface area contributed by atoms with Crippen LogP contribution in [-0.4, -0.2) is 17.0 Å². The molecule has 0 saturated heterocycles. The lowest BCUT2D eigenvalue weighted by Gasteiger charge is -2.29. The van der Waals surface area contributed by atoms with E-state index in [1.165, 1.54) is 0 Å². The van der Waals surface area contributed by atoms with Gasteiger partial charge in [0.1, 0.15) is 0 Å². The van der Waals surface area contributed by atoms with Gasteiger partial charge in [-0.25, -0.2) is 0 Å². The number of benzene rings is 1. The number of carboxylic acids is 1. The summed E-state index contributed by atoms with van der Waals surface area (Å²) in [7, 11) is 0. The molecule has 1 amide bonds. The molecule has 1 aliphatic rings. The summed E-state index contributed by atoms with van der Waals surface area (Å²) >= 11 is 5.80. The van der Waals surface area contributed by atoms with E-state index >= 15 is 0 Å². The Morgan fingerprint density at radius 2 is 1.62 bits per heavy atom. The SMILES string of the molecule is CC1=C(C)C[C@@H](C(=O)Nc2ccc(Cl)cc2)[C@@H](C(=O)O)C1. The lowest BCUT2D eigenvalue weighted by atomic mass is 9.76. The Balaban J connectivity index is 2.16. The molecule has 0 radical (unpaired) electrons. The highest BCUT2D eigenvalue weighted by atomic mass is 35.5. The van der Waals surface area contributed by atoms with Crippen molar-refractivity contribution in [2.24, 2.45) is 11.8 Å². The van der Waals surface area contributed by atoms with E-state index in [4.69, 9.17) is 11.6 Å². The third kappa shape index (κ3) is 3.64. The Bertz CT molecular complexity index is 592. The molecule has 2 N–H and O–H groups in total. The molecule has 0 aromatic heterocycles. The highest BCUT2D eigenvalue weighted by Gasteiger charge is 2.37. The summed E-state index contributed by atoms with van der Waals surface area (Å²) in [5.74, 6) is -2.38. The first-order chi connectivity index (χ1) is 9.88. The Morgan fingerprint density at radius 3 is 2.14 bits per heavy atom. The number of carboxylic acid groups (broad SMARTS) is 1. The minimum absolute atomic E-state index is 0.253. The molecule has 1 aromatic rings. The fraction of sp³-hybridized carbons (Fsp3) is 0.375. The Hall–Kier alpha value is -1.81. The van der Waals surface area contributed by atoms with Crippen molar-refractivity contribution >= 4 is 29.2 Å². The summed E-state index contributed by atoms with van der Waals surface area (Å²) < 4.78 is 0. The number of carbonyl (C=O) groups is 2. The molecule has 0 saturated carbocycles. The molecule has 0 aliphatic heterocycles. The van der Waals surface area contributed by atoms with Crippen LogP contribution in [0.15, 0.2) is 35.4 Å². The number of hydrogen-bond acceptors (Lipinski definition) is 2. The number of halogens is 1. The monoisotopic (exact) mass is 307 g/mol. The maximum absolute atomic E-state index is 12.4. The first-order valence-corrected chi connectivity index (χ1v) is 7.20. The summed E-state index contributed by atoms with van der Waals surface area (Å²) in [4.78, 5) is 23.8. The van der Waals surface area contributed by atoms with Crippen LogP contribution >= 0.6 is 11.6 Å². The van der Waals surface area contributed by atoms with Gasteiger partial charge < -0.3 is 10.4 Å². The molecular formula is C16H18ClNO3. The maximum atomic E-state index is 12.4. The molecule has 0 spiro atoms. The second-order valence-electron chi connectivity index (χ2n) is 5.52. The summed E-state index contributed by atoms with van der Waals surface area (Å²) in [5.41, 5.74) is 2.79. The first kappa shape index (κ1) is 15.6. The first-order valence-electron chi connectivity index (χ1n) is 6.83. The van der Waals surface area contributed by atoms with Crippen LogP contribution < -0.4 is 5.32 Å². The predicted molar refractivity (Wildman–Crippen MR) is 82.3 cm³/mol. The lowest BCUT2D eigenvalue weighted by Crippen LogP contribution is -2.36. The van der Waals surface area contributed by atoms with Crippen LogP contribution in [0.5, 0.6) is 0 Å². The van der Waals surface area contributed by atoms with Gasteiger partial charge >= 0.3 is 5.97 Å². The third-order valence-corrected chi connectivity index (χ3v) is 4.28. The predicted octanol–water partition coefficient (Wildman–Crippen LogP) is 3.73. The number of anilines is 1. The molecule has 21 heavy (non-hydrogen) atoms. The van der Waals surface area contributed by atoms with Gasteiger partial charge in [0.15, 0.2) is 0 Å². The van der Waals surface area contributed by atoms with E-state index in [1.54, 1.807) is 24.3 Å². The number of amides is 1. The van der Waals surface area contributed by atoms with Crippen molar-refractivity contribution in [2.75, 3.05) is 5.32 Å². The van der Waals surface area contributed by atoms with Crippen LogP contribution in [0.25, 0.3) is 0 Å². The molecule has 1 aromatic carbocycles. The van der Waals surface area contributed by atoms with Gasteiger partial charge in [-0.1, -0.05) is 22.7 Å². The fourth-order valence-electron chi connectivity index (χ4n) is 2.60. The summed E-state index contributed by atoms with van der Waals surface area (Å²) in [6.07, 6.45) is 0.919. The number of allylic oxidation sites excluding steroid dienone is 2. The van der Waals surface area contributed by atoms with Crippen LogP contribution in [0, 0.1) is 11.8 Å². The quantitative estimate of drug-likeness (QED) is 0.836. The zero-order valence-corrected chi connectivity index (χ0v) is 12.8. The Kier molecular flexibility index (Phi) is 4.68. The van der Waals surface area contributed by atoms with E-state index in [1.807, 2.05) is 13.8 Å². The van der Waals surface area contributed by atoms with E-state index in [2.05, 4.69) is 5.32 Å². The number of rotatable bonds is 3. The number of aliphatic carboxylic acids is 1. The molecule has 0 fully saturated rings. The van der Waals surface area contributed by atoms with Gasteiger partial charge in [0.25, 0.3) is 0 Å². The van der Waals surface area contributed by atoms with Crippen molar-refractivity contribution < 1.29 is 14.7 Å². The highest BCUT2D eigenvalue weighted by Crippen LogP contribution is 2.35. The van der Waals surface area contributed by atoms with Crippen LogP contribution in [0.1, 0.15) is 26.7 Å². The lowest BCUT2D eigenvalue weighted by molar-refractivity contribution is -0.146. The molecule has 0 bridgehead atoms. The summed E-state index contributed by atoms with van der Waals surface area (Å²) in [6.45, 7) is 3.88. The molecule has 0 heterocycles. The summed E-state index contributed by atoms with van der Waals surface area (Å²) in [6, 6.07) is 6.77. The second kappa shape index (κ2) is 6.31. The van der Waals surface area contributed by atoms with Crippen LogP contribution in [0.2, 0.25) is 5.02 Å². The maximum Gasteiger partial charge on any atom is 0.307 e. The standard InChI is InChI=1S/C16H18ClNO3/c1-9-7-13(14(16(20)21)8-10(9)2)15(19)18-12-5-3-11(17)4-6-12/h3-6,13-14H,7-8H2,1-2H3,(H,18,19)(H,20,21)/t13-,14+/m1/s1. The van der Waals surface area contributed by atoms with Crippen molar-refractivity contribution in [1.29, 1.82) is 0 Å². The Morgan fingerprint density at radius 1 is 1.10 bits per heavy atom. The van der Waals surface area contributed by atoms with E-state index in [0.29, 0.717) is 23.6 Å². The van der Waals surface area contributed by atoms with E-state index < -0.39 is 17.8 Å².